The number of hydrogen-bond acceptors (Lipinski definition) is 4. The van der Waals surface area contributed by atoms with Crippen molar-refractivity contribution in [2.24, 2.45) is 0 Å². The predicted octanol–water partition coefficient (Wildman–Crippen LogP) is 1.67. The lowest BCUT2D eigenvalue weighted by Gasteiger charge is -2.11. The molecular weight excluding hydrogens is 218 g/mol. The first kappa shape index (κ1) is 11.6. The Morgan fingerprint density at radius 1 is 1.24 bits per heavy atom. The van der Waals surface area contributed by atoms with Crippen LogP contribution >= 0.6 is 0 Å². The molecule has 17 heavy (non-hydrogen) atoms. The predicted molar refractivity (Wildman–Crippen MR) is 62.7 cm³/mol. The van der Waals surface area contributed by atoms with Crippen LogP contribution in [0.1, 0.15) is 31.2 Å². The normalized spacial score (nSPS) is 12.7. The summed E-state index contributed by atoms with van der Waals surface area (Å²) in [5, 5.41) is 20.0. The highest BCUT2D eigenvalue weighted by Crippen LogP contribution is 2.22. The molecule has 5 heteroatoms. The molecule has 0 radical (unpaired) electrons. The van der Waals surface area contributed by atoms with E-state index < -0.39 is 6.10 Å². The largest absolute Gasteiger partial charge is 0.491 e. The molecule has 2 aromatic rings. The fourth-order valence-electron chi connectivity index (χ4n) is 1.51. The zero-order valence-electron chi connectivity index (χ0n) is 9.79. The Bertz CT molecular complexity index is 451. The summed E-state index contributed by atoms with van der Waals surface area (Å²) < 4.78 is 5.52. The van der Waals surface area contributed by atoms with Gasteiger partial charge in [-0.05, 0) is 31.5 Å². The third kappa shape index (κ3) is 2.82. The van der Waals surface area contributed by atoms with Gasteiger partial charge in [-0.25, -0.2) is 0 Å². The third-order valence-electron chi connectivity index (χ3n) is 2.28. The van der Waals surface area contributed by atoms with Crippen molar-refractivity contribution < 1.29 is 9.84 Å². The molecule has 2 rings (SSSR count). The van der Waals surface area contributed by atoms with Crippen LogP contribution in [0.5, 0.6) is 5.75 Å². The molecule has 1 heterocycles. The number of benzene rings is 1. The Morgan fingerprint density at radius 2 is 1.94 bits per heavy atom. The highest BCUT2D eigenvalue weighted by Gasteiger charge is 2.12. The Morgan fingerprint density at radius 3 is 2.47 bits per heavy atom. The van der Waals surface area contributed by atoms with E-state index in [-0.39, 0.29) is 6.10 Å². The van der Waals surface area contributed by atoms with E-state index in [2.05, 4.69) is 15.4 Å². The van der Waals surface area contributed by atoms with E-state index in [1.54, 1.807) is 0 Å². The number of ether oxygens (including phenoxy) is 1. The molecule has 90 valence electrons. The van der Waals surface area contributed by atoms with Crippen LogP contribution in [0.15, 0.2) is 30.5 Å². The van der Waals surface area contributed by atoms with Gasteiger partial charge in [0.1, 0.15) is 17.5 Å². The van der Waals surface area contributed by atoms with Crippen molar-refractivity contribution in [3.63, 3.8) is 0 Å². The second-order valence-corrected chi connectivity index (χ2v) is 4.03. The number of H-pyrrole nitrogens is 1. The van der Waals surface area contributed by atoms with E-state index in [0.29, 0.717) is 5.69 Å². The molecule has 0 aliphatic rings. The average molecular weight is 233 g/mol. The summed E-state index contributed by atoms with van der Waals surface area (Å²) in [5.74, 6) is 0.788. The average Bonchev–Trinajstić information content (AvgIpc) is 2.82. The first-order valence-corrected chi connectivity index (χ1v) is 5.47. The van der Waals surface area contributed by atoms with Crippen LogP contribution in [0.4, 0.5) is 0 Å². The fraction of sp³-hybridized carbons (Fsp3) is 0.333. The molecule has 0 saturated heterocycles. The van der Waals surface area contributed by atoms with Gasteiger partial charge >= 0.3 is 0 Å². The molecule has 0 amide bonds. The minimum absolute atomic E-state index is 0.140. The maximum atomic E-state index is 9.99. The fourth-order valence-corrected chi connectivity index (χ4v) is 1.51. The Labute approximate surface area is 99.4 Å². The van der Waals surface area contributed by atoms with Crippen LogP contribution in [-0.4, -0.2) is 26.6 Å². The van der Waals surface area contributed by atoms with Gasteiger partial charge in [-0.15, -0.1) is 0 Å². The molecule has 2 N–H and O–H groups in total. The molecule has 0 spiro atoms. The number of rotatable bonds is 4. The second kappa shape index (κ2) is 4.97. The van der Waals surface area contributed by atoms with Crippen LogP contribution in [0.25, 0.3) is 0 Å². The standard InChI is InChI=1S/C12H15N3O2/c1-8(2)17-10-5-3-9(4-6-10)12(16)11-7-13-15-14-11/h3-8,12,16H,1-2H3,(H,13,14,15). The Balaban J connectivity index is 2.12. The maximum Gasteiger partial charge on any atom is 0.124 e. The van der Waals surface area contributed by atoms with Gasteiger partial charge in [0.15, 0.2) is 0 Å². The molecule has 0 fully saturated rings. The summed E-state index contributed by atoms with van der Waals surface area (Å²) in [4.78, 5) is 0. The quantitative estimate of drug-likeness (QED) is 0.842. The summed E-state index contributed by atoms with van der Waals surface area (Å²) in [5.41, 5.74) is 1.26. The molecule has 0 bridgehead atoms. The molecule has 5 nitrogen and oxygen atoms in total. The zero-order valence-corrected chi connectivity index (χ0v) is 9.79. The van der Waals surface area contributed by atoms with Crippen molar-refractivity contribution in [3.05, 3.63) is 41.7 Å². The molecule has 1 aromatic carbocycles. The van der Waals surface area contributed by atoms with Crippen LogP contribution < -0.4 is 4.74 Å². The van der Waals surface area contributed by atoms with Crippen LogP contribution in [0.2, 0.25) is 0 Å². The van der Waals surface area contributed by atoms with Crippen molar-refractivity contribution in [1.29, 1.82) is 0 Å². The Hall–Kier alpha value is -1.88. The summed E-state index contributed by atoms with van der Waals surface area (Å²) in [7, 11) is 0. The van der Waals surface area contributed by atoms with Gasteiger partial charge in [0.05, 0.1) is 12.3 Å². The van der Waals surface area contributed by atoms with Gasteiger partial charge in [-0.3, -0.25) is 0 Å². The monoisotopic (exact) mass is 233 g/mol. The molecule has 1 aromatic heterocycles. The molecule has 0 aliphatic heterocycles. The first-order valence-electron chi connectivity index (χ1n) is 5.47. The van der Waals surface area contributed by atoms with Crippen LogP contribution in [-0.2, 0) is 0 Å². The number of nitrogens with one attached hydrogen (secondary N) is 1. The number of aliphatic hydroxyl groups is 1. The molecule has 1 unspecified atom stereocenters. The van der Waals surface area contributed by atoms with Gasteiger partial charge in [0, 0.05) is 0 Å². The SMILES string of the molecule is CC(C)Oc1ccc(C(O)c2cn[nH]n2)cc1. The van der Waals surface area contributed by atoms with Crippen LogP contribution in [0.3, 0.4) is 0 Å². The van der Waals surface area contributed by atoms with Gasteiger partial charge < -0.3 is 9.84 Å². The van der Waals surface area contributed by atoms with Gasteiger partial charge in [0.25, 0.3) is 0 Å². The van der Waals surface area contributed by atoms with Gasteiger partial charge in [-0.1, -0.05) is 12.1 Å². The number of aliphatic hydroxyl groups excluding tert-OH is 1. The van der Waals surface area contributed by atoms with E-state index in [1.165, 1.54) is 6.20 Å². The highest BCUT2D eigenvalue weighted by atomic mass is 16.5. The van der Waals surface area contributed by atoms with Crippen molar-refractivity contribution in [2.45, 2.75) is 26.1 Å². The van der Waals surface area contributed by atoms with Gasteiger partial charge in [0.2, 0.25) is 0 Å². The molecule has 1 atom stereocenters. The van der Waals surface area contributed by atoms with Crippen molar-refractivity contribution >= 4 is 0 Å². The summed E-state index contributed by atoms with van der Waals surface area (Å²) in [6.45, 7) is 3.94. The van der Waals surface area contributed by atoms with E-state index in [9.17, 15) is 5.11 Å². The Kier molecular flexibility index (Phi) is 3.39. The number of hydrogen-bond donors (Lipinski definition) is 2. The molecule has 0 saturated carbocycles. The van der Waals surface area contributed by atoms with Gasteiger partial charge in [-0.2, -0.15) is 15.4 Å². The van der Waals surface area contributed by atoms with Crippen molar-refractivity contribution in [2.75, 3.05) is 0 Å². The lowest BCUT2D eigenvalue weighted by atomic mass is 10.1. The molecule has 0 aliphatic carbocycles. The zero-order chi connectivity index (χ0) is 12.3. The number of nitrogens with zero attached hydrogens (tertiary/aromatic N) is 2. The van der Waals surface area contributed by atoms with E-state index in [1.807, 2.05) is 38.1 Å². The number of aromatic amines is 1. The van der Waals surface area contributed by atoms with E-state index in [4.69, 9.17) is 4.74 Å². The minimum Gasteiger partial charge on any atom is -0.491 e. The van der Waals surface area contributed by atoms with Crippen molar-refractivity contribution in [3.8, 4) is 5.75 Å². The maximum absolute atomic E-state index is 9.99. The van der Waals surface area contributed by atoms with Crippen LogP contribution in [0, 0.1) is 0 Å². The minimum atomic E-state index is -0.762. The smallest absolute Gasteiger partial charge is 0.124 e. The van der Waals surface area contributed by atoms with E-state index in [0.717, 1.165) is 11.3 Å². The molecular formula is C12H15N3O2. The lowest BCUT2D eigenvalue weighted by Crippen LogP contribution is -2.06. The van der Waals surface area contributed by atoms with E-state index >= 15 is 0 Å². The third-order valence-corrected chi connectivity index (χ3v) is 2.28. The highest BCUT2D eigenvalue weighted by molar-refractivity contribution is 5.31. The topological polar surface area (TPSA) is 71.0 Å². The lowest BCUT2D eigenvalue weighted by molar-refractivity contribution is 0.214. The first-order chi connectivity index (χ1) is 8.16. The number of aromatic nitrogens is 3. The second-order valence-electron chi connectivity index (χ2n) is 4.03. The summed E-state index contributed by atoms with van der Waals surface area (Å²) in [6, 6.07) is 7.30. The van der Waals surface area contributed by atoms with Crippen molar-refractivity contribution in [1.82, 2.24) is 15.4 Å². The summed E-state index contributed by atoms with van der Waals surface area (Å²) >= 11 is 0. The summed E-state index contributed by atoms with van der Waals surface area (Å²) in [6.07, 6.45) is 0.881.